The molecule has 0 saturated heterocycles. The smallest absolute Gasteiger partial charge is 0.359 e. The van der Waals surface area contributed by atoms with Gasteiger partial charge in [0.05, 0.1) is 17.2 Å². The van der Waals surface area contributed by atoms with Crippen molar-refractivity contribution in [1.82, 2.24) is 19.4 Å². The number of anilines is 1. The van der Waals surface area contributed by atoms with E-state index in [1.54, 1.807) is 60.7 Å². The number of aromatic hydroxyl groups is 1. The van der Waals surface area contributed by atoms with Gasteiger partial charge in [0.15, 0.2) is 5.69 Å². The predicted octanol–water partition coefficient (Wildman–Crippen LogP) is 20.0. The van der Waals surface area contributed by atoms with Gasteiger partial charge in [-0.15, -0.1) is 5.10 Å². The molecule has 0 fully saturated rings. The summed E-state index contributed by atoms with van der Waals surface area (Å²) in [6.45, 7) is 30.2. The molecular formula is C81H97N5O8. The molecule has 1 aliphatic rings. The van der Waals surface area contributed by atoms with Crippen molar-refractivity contribution in [2.75, 3.05) is 5.32 Å². The zero-order chi connectivity index (χ0) is 68.6. The molecule has 13 heteroatoms. The van der Waals surface area contributed by atoms with E-state index >= 15 is 0 Å². The van der Waals surface area contributed by atoms with E-state index in [1.165, 1.54) is 67.9 Å². The lowest BCUT2D eigenvalue weighted by molar-refractivity contribution is -0.142. The Hall–Kier alpha value is -9.62. The average molecular weight is 1270 g/mol. The van der Waals surface area contributed by atoms with Gasteiger partial charge in [-0.05, 0) is 155 Å². The molecule has 11 rings (SSSR count). The van der Waals surface area contributed by atoms with Crippen molar-refractivity contribution >= 4 is 68.1 Å². The topological polar surface area (TPSA) is 162 Å². The molecule has 3 amide bonds. The van der Waals surface area contributed by atoms with Gasteiger partial charge in [0.25, 0.3) is 11.8 Å². The highest BCUT2D eigenvalue weighted by Gasteiger charge is 2.37. The highest BCUT2D eigenvalue weighted by molar-refractivity contribution is 6.21. The number of benzene rings is 8. The number of phenolic OH excluding ortho intramolecular Hbond substituents is 1. The Labute approximate surface area is 557 Å². The number of nitrogens with zero attached hydrogens (tertiary/aromatic N) is 4. The third-order valence-electron chi connectivity index (χ3n) is 17.4. The summed E-state index contributed by atoms with van der Waals surface area (Å²) >= 11 is 0. The number of para-hydroxylation sites is 3. The number of fused-ring (bicyclic) bond motifs is 5. The number of imide groups is 1. The van der Waals surface area contributed by atoms with E-state index in [0.29, 0.717) is 52.1 Å². The molecule has 13 nitrogen and oxygen atoms in total. The summed E-state index contributed by atoms with van der Waals surface area (Å²) in [6.07, 6.45) is 5.64. The summed E-state index contributed by atoms with van der Waals surface area (Å²) in [5.41, 5.74) is 11.5. The van der Waals surface area contributed by atoms with Crippen LogP contribution in [0.3, 0.4) is 0 Å². The van der Waals surface area contributed by atoms with Crippen LogP contribution in [-0.2, 0) is 14.3 Å². The lowest BCUT2D eigenvalue weighted by Crippen LogP contribution is -2.37. The Bertz CT molecular complexity index is 3970. The summed E-state index contributed by atoms with van der Waals surface area (Å²) in [6, 6.07) is 66.6. The number of nitrogens with one attached hydrogen (secondary N) is 1. The summed E-state index contributed by atoms with van der Waals surface area (Å²) < 4.78 is 7.72. The Kier molecular flexibility index (Phi) is 27.7. The van der Waals surface area contributed by atoms with Crippen LogP contribution in [0.2, 0.25) is 0 Å². The van der Waals surface area contributed by atoms with E-state index in [0.717, 1.165) is 36.2 Å². The number of aromatic nitrogens is 3. The van der Waals surface area contributed by atoms with E-state index in [1.807, 2.05) is 91.8 Å². The van der Waals surface area contributed by atoms with Gasteiger partial charge >= 0.3 is 11.9 Å². The zero-order valence-corrected chi connectivity index (χ0v) is 57.8. The van der Waals surface area contributed by atoms with Gasteiger partial charge in [0, 0.05) is 57.3 Å². The SMILES string of the molecule is CCC(C)(C)C(=O)Nc1ccc(C)cc1.CCC(C)N1C(=O)c2ccccc2C1=O.CCC(C)OC(=O)c1nn(OC(C)=O)c2ccccc12.CCC(C)c1ccc(-c2ccccc2)cc1.CCC(C)c1ccc(O)cc1.CCC(C)n1c2ccccc2c2ccccc21. The molecule has 94 heavy (non-hydrogen) atoms. The fraction of sp³-hybridized carbons (Fsp3) is 0.333. The maximum atomic E-state index is 12.1. The number of hydrogen-bond acceptors (Lipinski definition) is 9. The van der Waals surface area contributed by atoms with Crippen LogP contribution in [-0.4, -0.2) is 66.3 Å². The van der Waals surface area contributed by atoms with Crippen molar-refractivity contribution < 1.29 is 38.7 Å². The van der Waals surface area contributed by atoms with Gasteiger partial charge in [-0.1, -0.05) is 225 Å². The fourth-order valence-corrected chi connectivity index (χ4v) is 10.1. The molecule has 3 heterocycles. The molecule has 10 aromatic rings. The lowest BCUT2D eigenvalue weighted by Gasteiger charge is -2.21. The number of carbonyl (C=O) groups is 5. The first-order chi connectivity index (χ1) is 45.0. The zero-order valence-electron chi connectivity index (χ0n) is 57.8. The molecule has 1 aliphatic heterocycles. The number of hydrogen-bond donors (Lipinski definition) is 2. The molecule has 5 atom stereocenters. The van der Waals surface area contributed by atoms with Gasteiger partial charge in [0.2, 0.25) is 5.91 Å². The minimum Gasteiger partial charge on any atom is -0.508 e. The van der Waals surface area contributed by atoms with Crippen molar-refractivity contribution in [1.29, 1.82) is 0 Å². The second kappa shape index (κ2) is 35.4. The number of amides is 3. The first kappa shape index (κ1) is 73.4. The predicted molar refractivity (Wildman–Crippen MR) is 385 cm³/mol. The highest BCUT2D eigenvalue weighted by Crippen LogP contribution is 2.33. The van der Waals surface area contributed by atoms with Crippen molar-refractivity contribution in [3.05, 3.63) is 234 Å². The largest absolute Gasteiger partial charge is 0.508 e. The van der Waals surface area contributed by atoms with Gasteiger partial charge in [-0.25, -0.2) is 9.59 Å². The molecule has 0 aliphatic carbocycles. The quantitative estimate of drug-likeness (QED) is 0.0708. The van der Waals surface area contributed by atoms with Crippen molar-refractivity contribution in [3.8, 4) is 16.9 Å². The van der Waals surface area contributed by atoms with Crippen LogP contribution in [0.4, 0.5) is 5.69 Å². The van der Waals surface area contributed by atoms with Crippen LogP contribution in [0.25, 0.3) is 43.8 Å². The van der Waals surface area contributed by atoms with Gasteiger partial charge in [-0.3, -0.25) is 19.3 Å². The Morgan fingerprint density at radius 3 is 1.44 bits per heavy atom. The van der Waals surface area contributed by atoms with Crippen LogP contribution in [0.5, 0.6) is 5.75 Å². The monoisotopic (exact) mass is 1270 g/mol. The fourth-order valence-electron chi connectivity index (χ4n) is 10.1. The highest BCUT2D eigenvalue weighted by atomic mass is 16.7. The molecule has 2 aromatic heterocycles. The summed E-state index contributed by atoms with van der Waals surface area (Å²) in [7, 11) is 0. The molecule has 8 aromatic carbocycles. The molecule has 5 unspecified atom stereocenters. The molecule has 0 radical (unpaired) electrons. The van der Waals surface area contributed by atoms with Crippen molar-refractivity contribution in [2.24, 2.45) is 5.41 Å². The Morgan fingerprint density at radius 1 is 0.521 bits per heavy atom. The van der Waals surface area contributed by atoms with Gasteiger partial charge in [0.1, 0.15) is 11.3 Å². The maximum absolute atomic E-state index is 12.1. The van der Waals surface area contributed by atoms with E-state index in [-0.39, 0.29) is 41.0 Å². The second-order valence-corrected chi connectivity index (χ2v) is 24.6. The standard InChI is InChI=1S/C16H17N.C16H18.C14H16N2O4.C13H19NO.C12H13NO2.C10H14O/c1-3-12(2)17-15-10-6-4-8-13(15)14-9-5-7-11-16(14)17;1-3-13(2)14-9-11-16(12-10-14)15-7-5-4-6-8-15;1-4-9(2)19-14(18)13-11-7-5-6-8-12(11)16(15-13)20-10(3)17;1-5-13(3,4)12(15)14-11-8-6-10(2)7-9-11;1-3-8(2)13-11(14)9-6-4-5-7-10(9)12(13)15;1-3-8(2)9-4-6-10(11)7-5-9/h4-12H,3H2,1-2H3;4-13H,3H2,1-2H3;5-9H,4H2,1-3H3;6-9H,5H2,1-4H3,(H,14,15);4-8H,3H2,1-2H3;4-8,11H,3H2,1-2H3. The number of ether oxygens (including phenoxy) is 1. The minimum atomic E-state index is -0.526. The van der Waals surface area contributed by atoms with Gasteiger partial charge < -0.3 is 24.6 Å². The summed E-state index contributed by atoms with van der Waals surface area (Å²) in [5, 5.41) is 19.3. The Morgan fingerprint density at radius 2 is 0.968 bits per heavy atom. The molecular weight excluding hydrogens is 1170 g/mol. The normalized spacial score (nSPS) is 13.1. The minimum absolute atomic E-state index is 0.0302. The first-order valence-electron chi connectivity index (χ1n) is 33.2. The van der Waals surface area contributed by atoms with Crippen LogP contribution in [0.15, 0.2) is 200 Å². The number of rotatable bonds is 16. The van der Waals surface area contributed by atoms with Crippen LogP contribution >= 0.6 is 0 Å². The number of aryl methyl sites for hydroxylation is 1. The average Bonchev–Trinajstić information content (AvgIpc) is 1.63. The van der Waals surface area contributed by atoms with Crippen molar-refractivity contribution in [3.63, 3.8) is 0 Å². The maximum Gasteiger partial charge on any atom is 0.359 e. The number of phenols is 1. The van der Waals surface area contributed by atoms with Crippen LogP contribution in [0.1, 0.15) is 201 Å². The van der Waals surface area contributed by atoms with E-state index in [4.69, 9.17) is 14.7 Å². The Balaban J connectivity index is 0.000000180. The molecule has 2 N–H and O–H groups in total. The van der Waals surface area contributed by atoms with E-state index < -0.39 is 11.9 Å². The van der Waals surface area contributed by atoms with Crippen LogP contribution in [0, 0.1) is 12.3 Å². The first-order valence-corrected chi connectivity index (χ1v) is 33.2. The number of esters is 1. The third kappa shape index (κ3) is 19.5. The number of carbonyl (C=O) groups excluding carboxylic acids is 5. The van der Waals surface area contributed by atoms with E-state index in [2.05, 4.69) is 160 Å². The third-order valence-corrected chi connectivity index (χ3v) is 17.4. The van der Waals surface area contributed by atoms with Crippen molar-refractivity contribution in [2.45, 2.75) is 172 Å². The molecule has 0 bridgehead atoms. The summed E-state index contributed by atoms with van der Waals surface area (Å²) in [5.74, 6) is 0.308. The summed E-state index contributed by atoms with van der Waals surface area (Å²) in [4.78, 5) is 66.2. The van der Waals surface area contributed by atoms with Gasteiger partial charge in [-0.2, -0.15) is 0 Å². The molecule has 0 saturated carbocycles. The second-order valence-electron chi connectivity index (χ2n) is 24.6. The molecule has 494 valence electrons. The van der Waals surface area contributed by atoms with Crippen LogP contribution < -0.4 is 10.2 Å². The lowest BCUT2D eigenvalue weighted by atomic mass is 9.89. The molecule has 0 spiro atoms. The van der Waals surface area contributed by atoms with E-state index in [9.17, 15) is 24.0 Å².